The third-order valence-corrected chi connectivity index (χ3v) is 13.2. The minimum Gasteiger partial charge on any atom is -0.480 e. The number of carbonyl (C=O) groups is 5. The summed E-state index contributed by atoms with van der Waals surface area (Å²) in [6, 6.07) is 27.3. The van der Waals surface area contributed by atoms with Gasteiger partial charge in [-0.25, -0.2) is 0 Å². The van der Waals surface area contributed by atoms with Gasteiger partial charge in [-0.1, -0.05) is 97.1 Å². The highest BCUT2D eigenvalue weighted by Crippen LogP contribution is 2.40. The van der Waals surface area contributed by atoms with Gasteiger partial charge < -0.3 is 42.7 Å². The molecular formula is C50H60N10O6. The van der Waals surface area contributed by atoms with Gasteiger partial charge in [-0.15, -0.1) is 0 Å². The van der Waals surface area contributed by atoms with E-state index in [-0.39, 0.29) is 73.4 Å². The van der Waals surface area contributed by atoms with Gasteiger partial charge in [0.25, 0.3) is 0 Å². The summed E-state index contributed by atoms with van der Waals surface area (Å²) in [4.78, 5) is 70.2. The molecule has 4 aromatic carbocycles. The third kappa shape index (κ3) is 11.7. The summed E-state index contributed by atoms with van der Waals surface area (Å²) in [7, 11) is 0. The van der Waals surface area contributed by atoms with E-state index in [0.717, 1.165) is 52.6 Å². The van der Waals surface area contributed by atoms with E-state index in [2.05, 4.69) is 27.3 Å². The van der Waals surface area contributed by atoms with Crippen molar-refractivity contribution >= 4 is 41.3 Å². The Morgan fingerprint density at radius 1 is 0.758 bits per heavy atom. The molecule has 2 aliphatic heterocycles. The average molecular weight is 897 g/mol. The van der Waals surface area contributed by atoms with Crippen LogP contribution in [0.25, 0.3) is 0 Å². The summed E-state index contributed by atoms with van der Waals surface area (Å²) in [5.41, 5.74) is 18.2. The number of carboxylic acid groups (broad SMARTS) is 1. The summed E-state index contributed by atoms with van der Waals surface area (Å²) < 4.78 is 0. The Hall–Kier alpha value is -6.91. The Kier molecular flexibility index (Phi) is 15.3. The van der Waals surface area contributed by atoms with E-state index in [0.29, 0.717) is 43.4 Å². The zero-order valence-corrected chi connectivity index (χ0v) is 37.2. The Labute approximate surface area is 384 Å². The number of hydrogen-bond acceptors (Lipinski definition) is 9. The van der Waals surface area contributed by atoms with Crippen molar-refractivity contribution in [3.8, 4) is 0 Å². The van der Waals surface area contributed by atoms with Crippen LogP contribution in [0.3, 0.4) is 0 Å². The van der Waals surface area contributed by atoms with Crippen molar-refractivity contribution in [3.05, 3.63) is 142 Å². The maximum atomic E-state index is 14.4. The van der Waals surface area contributed by atoms with E-state index in [1.807, 2.05) is 42.5 Å². The van der Waals surface area contributed by atoms with E-state index in [9.17, 15) is 29.1 Å². The number of rotatable bonds is 19. The lowest BCUT2D eigenvalue weighted by Crippen LogP contribution is -2.63. The monoisotopic (exact) mass is 896 g/mol. The maximum Gasteiger partial charge on any atom is 0.317 e. The fourth-order valence-corrected chi connectivity index (χ4v) is 9.36. The molecule has 66 heavy (non-hydrogen) atoms. The molecule has 346 valence electrons. The number of nitrogens with two attached hydrogens (primary N) is 2. The van der Waals surface area contributed by atoms with Crippen LogP contribution in [0.2, 0.25) is 0 Å². The summed E-state index contributed by atoms with van der Waals surface area (Å²) in [6.45, 7) is 2.51. The van der Waals surface area contributed by atoms with Gasteiger partial charge in [-0.05, 0) is 91.2 Å². The molecule has 0 bridgehead atoms. The van der Waals surface area contributed by atoms with Crippen LogP contribution in [-0.4, -0.2) is 99.5 Å². The third-order valence-electron chi connectivity index (χ3n) is 13.2. The number of aliphatic carboxylic acids is 1. The molecule has 2 unspecified atom stereocenters. The molecule has 16 nitrogen and oxygen atoms in total. The summed E-state index contributed by atoms with van der Waals surface area (Å²) in [6.07, 6.45) is 4.38. The van der Waals surface area contributed by atoms with Gasteiger partial charge in [0.1, 0.15) is 23.8 Å². The molecule has 4 amide bonds. The molecule has 16 heteroatoms. The number of fused-ring (bicyclic) bond motifs is 1. The first kappa shape index (κ1) is 47.1. The number of nitrogens with zero attached hydrogens (tertiary/aromatic N) is 2. The predicted molar refractivity (Wildman–Crippen MR) is 250 cm³/mol. The molecule has 2 fully saturated rings. The van der Waals surface area contributed by atoms with Gasteiger partial charge in [-0.3, -0.25) is 39.7 Å². The SMILES string of the molecule is C[C@H](NC(=O)[C@@H](CCc1ccccc1)NC1CCC(c2cccc3c2C[C@H](C(=O)N2CC[C@H]2C(=O)NCc2ccc(C(=N)N)cc2)N(CC(=O)O)C3)C1)C(=O)NCc1ccc(C(=N)N)cc1. The Balaban J connectivity index is 0.998. The Morgan fingerprint density at radius 2 is 1.41 bits per heavy atom. The number of aryl methyl sites for hydroxylation is 1. The average Bonchev–Trinajstić information content (AvgIpc) is 3.76. The molecular weight excluding hydrogens is 837 g/mol. The lowest BCUT2D eigenvalue weighted by Gasteiger charge is -2.45. The van der Waals surface area contributed by atoms with Crippen molar-refractivity contribution < 1.29 is 29.1 Å². The van der Waals surface area contributed by atoms with Crippen molar-refractivity contribution in [2.24, 2.45) is 11.5 Å². The lowest BCUT2D eigenvalue weighted by atomic mass is 9.83. The molecule has 11 N–H and O–H groups in total. The first-order valence-electron chi connectivity index (χ1n) is 22.6. The largest absolute Gasteiger partial charge is 0.480 e. The van der Waals surface area contributed by atoms with Gasteiger partial charge >= 0.3 is 5.97 Å². The molecule has 4 aromatic rings. The van der Waals surface area contributed by atoms with E-state index in [1.54, 1.807) is 65.3 Å². The number of amidine groups is 2. The number of benzene rings is 4. The number of carboxylic acids is 1. The molecule has 0 aromatic heterocycles. The standard InChI is InChI=1S/C50H60N10O6/c1-30(47(63)55-26-32-10-15-34(16-11-32)45(51)52)57-48(64)41(21-14-31-6-3-2-4-7-31)58-38-20-19-36(24-38)39-9-5-8-37-28-59(29-44(61)62)43(25-40(37)39)50(66)60-23-22-42(60)49(65)56-27-33-12-17-35(18-13-33)46(53)54/h2-13,15-18,30,36,38,41-43,58H,14,19-29H2,1H3,(H3,51,52)(H3,53,54)(H,55,63)(H,56,65)(H,57,64)(H,61,62)/t30-,36?,38?,41+,42-,43+/m0/s1. The van der Waals surface area contributed by atoms with Crippen LogP contribution < -0.4 is 32.7 Å². The number of likely N-dealkylation sites (tertiary alicyclic amines) is 1. The van der Waals surface area contributed by atoms with E-state index >= 15 is 0 Å². The van der Waals surface area contributed by atoms with Crippen molar-refractivity contribution in [2.45, 2.75) is 108 Å². The maximum absolute atomic E-state index is 14.4. The van der Waals surface area contributed by atoms with E-state index < -0.39 is 30.1 Å². The summed E-state index contributed by atoms with van der Waals surface area (Å²) in [5.74, 6) is -2.12. The first-order chi connectivity index (χ1) is 31.7. The summed E-state index contributed by atoms with van der Waals surface area (Å²) in [5, 5.41) is 37.5. The van der Waals surface area contributed by atoms with Crippen LogP contribution in [-0.2, 0) is 56.4 Å². The second-order valence-electron chi connectivity index (χ2n) is 17.7. The molecule has 0 spiro atoms. The van der Waals surface area contributed by atoms with Gasteiger partial charge in [0.05, 0.1) is 18.6 Å². The highest BCUT2D eigenvalue weighted by Gasteiger charge is 2.44. The van der Waals surface area contributed by atoms with Crippen molar-refractivity contribution in [1.82, 2.24) is 31.1 Å². The van der Waals surface area contributed by atoms with Crippen LogP contribution in [0.5, 0.6) is 0 Å². The van der Waals surface area contributed by atoms with Crippen LogP contribution in [0, 0.1) is 10.8 Å². The molecule has 0 radical (unpaired) electrons. The highest BCUT2D eigenvalue weighted by molar-refractivity contribution is 5.96. The Bertz CT molecular complexity index is 2430. The van der Waals surface area contributed by atoms with Crippen molar-refractivity contribution in [2.75, 3.05) is 13.1 Å². The van der Waals surface area contributed by atoms with Gasteiger partial charge in [0.15, 0.2) is 0 Å². The number of hydrogen-bond donors (Lipinski definition) is 9. The van der Waals surface area contributed by atoms with Crippen molar-refractivity contribution in [3.63, 3.8) is 0 Å². The van der Waals surface area contributed by atoms with Gasteiger partial charge in [0, 0.05) is 43.3 Å². The number of amides is 4. The number of carbonyl (C=O) groups excluding carboxylic acids is 4. The Morgan fingerprint density at radius 3 is 2.02 bits per heavy atom. The molecule has 3 aliphatic rings. The second-order valence-corrected chi connectivity index (χ2v) is 17.7. The molecule has 1 aliphatic carbocycles. The topological polar surface area (TPSA) is 260 Å². The second kappa shape index (κ2) is 21.4. The van der Waals surface area contributed by atoms with Crippen LogP contribution in [0.1, 0.15) is 89.5 Å². The molecule has 2 heterocycles. The fourth-order valence-electron chi connectivity index (χ4n) is 9.36. The van der Waals surface area contributed by atoms with Crippen molar-refractivity contribution in [1.29, 1.82) is 10.8 Å². The molecule has 1 saturated heterocycles. The molecule has 6 atom stereocenters. The minimum atomic E-state index is -1.04. The zero-order valence-electron chi connectivity index (χ0n) is 37.2. The smallest absolute Gasteiger partial charge is 0.317 e. The highest BCUT2D eigenvalue weighted by atomic mass is 16.4. The minimum absolute atomic E-state index is 0.00329. The van der Waals surface area contributed by atoms with Crippen LogP contribution in [0.4, 0.5) is 0 Å². The zero-order chi connectivity index (χ0) is 46.9. The van der Waals surface area contributed by atoms with E-state index in [1.165, 1.54) is 0 Å². The first-order valence-corrected chi connectivity index (χ1v) is 22.6. The fraction of sp³-hybridized carbons (Fsp3) is 0.380. The number of nitrogen functional groups attached to an aromatic ring is 2. The van der Waals surface area contributed by atoms with E-state index in [4.69, 9.17) is 22.3 Å². The van der Waals surface area contributed by atoms with Gasteiger partial charge in [0.2, 0.25) is 23.6 Å². The van der Waals surface area contributed by atoms with Crippen LogP contribution in [0.15, 0.2) is 97.1 Å². The van der Waals surface area contributed by atoms with Gasteiger partial charge in [-0.2, -0.15) is 0 Å². The number of nitrogens with one attached hydrogen (secondary N) is 6. The quantitative estimate of drug-likeness (QED) is 0.0491. The lowest BCUT2D eigenvalue weighted by molar-refractivity contribution is -0.153. The molecule has 1 saturated carbocycles. The normalized spacial score (nSPS) is 19.9. The summed E-state index contributed by atoms with van der Waals surface area (Å²) >= 11 is 0. The molecule has 7 rings (SSSR count). The predicted octanol–water partition coefficient (Wildman–Crippen LogP) is 3.03. The van der Waals surface area contributed by atoms with Crippen LogP contribution >= 0.6 is 0 Å².